The number of rotatable bonds is 2. The highest BCUT2D eigenvalue weighted by atomic mass is 79.9. The van der Waals surface area contributed by atoms with Crippen LogP contribution in [0.25, 0.3) is 5.69 Å². The molecule has 0 saturated carbocycles. The average molecular weight is 307 g/mol. The standard InChI is InChI=1S/C13H15BrN4/c1-2-17-7-11-12(8-17)16-18(13(11)15)10-5-3-9(14)4-6-10/h3-6H,2,7-8,15H2,1H3. The number of aromatic nitrogens is 2. The first-order chi connectivity index (χ1) is 8.69. The highest BCUT2D eigenvalue weighted by molar-refractivity contribution is 9.10. The van der Waals surface area contributed by atoms with Crippen LogP contribution in [-0.4, -0.2) is 21.2 Å². The molecule has 0 atom stereocenters. The van der Waals surface area contributed by atoms with Crippen molar-refractivity contribution in [1.29, 1.82) is 0 Å². The number of hydrogen-bond donors (Lipinski definition) is 1. The van der Waals surface area contributed by atoms with Gasteiger partial charge in [0.15, 0.2) is 0 Å². The quantitative estimate of drug-likeness (QED) is 0.927. The topological polar surface area (TPSA) is 47.1 Å². The molecule has 0 spiro atoms. The van der Waals surface area contributed by atoms with E-state index >= 15 is 0 Å². The van der Waals surface area contributed by atoms with Crippen LogP contribution in [0.15, 0.2) is 28.7 Å². The van der Waals surface area contributed by atoms with E-state index < -0.39 is 0 Å². The fourth-order valence-electron chi connectivity index (χ4n) is 2.30. The largest absolute Gasteiger partial charge is 0.383 e. The SMILES string of the molecule is CCN1Cc2nn(-c3ccc(Br)cc3)c(N)c2C1. The summed E-state index contributed by atoms with van der Waals surface area (Å²) in [5.41, 5.74) is 9.50. The van der Waals surface area contributed by atoms with Crippen LogP contribution < -0.4 is 5.73 Å². The Morgan fingerprint density at radius 1 is 1.28 bits per heavy atom. The summed E-state index contributed by atoms with van der Waals surface area (Å²) in [6, 6.07) is 8.03. The third-order valence-electron chi connectivity index (χ3n) is 3.38. The predicted octanol–water partition coefficient (Wildman–Crippen LogP) is 2.55. The zero-order valence-electron chi connectivity index (χ0n) is 10.2. The number of nitrogens with zero attached hydrogens (tertiary/aromatic N) is 3. The van der Waals surface area contributed by atoms with E-state index in [9.17, 15) is 0 Å². The van der Waals surface area contributed by atoms with Crippen molar-refractivity contribution in [2.24, 2.45) is 0 Å². The van der Waals surface area contributed by atoms with Gasteiger partial charge < -0.3 is 5.73 Å². The van der Waals surface area contributed by atoms with E-state index in [1.165, 1.54) is 5.56 Å². The second-order valence-corrected chi connectivity index (χ2v) is 5.42. The van der Waals surface area contributed by atoms with Gasteiger partial charge in [0.1, 0.15) is 5.82 Å². The van der Waals surface area contributed by atoms with Gasteiger partial charge >= 0.3 is 0 Å². The van der Waals surface area contributed by atoms with Gasteiger partial charge in [-0.1, -0.05) is 22.9 Å². The van der Waals surface area contributed by atoms with Crippen LogP contribution in [0.4, 0.5) is 5.82 Å². The molecule has 3 rings (SSSR count). The molecular weight excluding hydrogens is 292 g/mol. The van der Waals surface area contributed by atoms with E-state index in [-0.39, 0.29) is 0 Å². The molecule has 0 unspecified atom stereocenters. The molecule has 2 heterocycles. The van der Waals surface area contributed by atoms with Crippen molar-refractivity contribution >= 4 is 21.7 Å². The summed E-state index contributed by atoms with van der Waals surface area (Å²) < 4.78 is 2.89. The number of fused-ring (bicyclic) bond motifs is 1. The minimum absolute atomic E-state index is 0.767. The van der Waals surface area contributed by atoms with E-state index in [0.29, 0.717) is 0 Å². The van der Waals surface area contributed by atoms with E-state index in [2.05, 4.69) is 32.9 Å². The van der Waals surface area contributed by atoms with Crippen LogP contribution in [0.1, 0.15) is 18.2 Å². The first-order valence-corrected chi connectivity index (χ1v) is 6.83. The van der Waals surface area contributed by atoms with Gasteiger partial charge in [0.25, 0.3) is 0 Å². The Labute approximate surface area is 115 Å². The van der Waals surface area contributed by atoms with Gasteiger partial charge in [0, 0.05) is 23.1 Å². The van der Waals surface area contributed by atoms with Gasteiger partial charge in [-0.15, -0.1) is 0 Å². The molecule has 5 heteroatoms. The molecule has 1 aromatic heterocycles. The summed E-state index contributed by atoms with van der Waals surface area (Å²) in [4.78, 5) is 2.33. The number of anilines is 1. The summed E-state index contributed by atoms with van der Waals surface area (Å²) in [7, 11) is 0. The molecule has 0 amide bonds. The highest BCUT2D eigenvalue weighted by Crippen LogP contribution is 2.29. The second-order valence-electron chi connectivity index (χ2n) is 4.50. The number of halogens is 1. The molecule has 1 aliphatic heterocycles. The lowest BCUT2D eigenvalue weighted by Crippen LogP contribution is -2.17. The third-order valence-corrected chi connectivity index (χ3v) is 3.91. The summed E-state index contributed by atoms with van der Waals surface area (Å²) in [6.07, 6.45) is 0. The Bertz CT molecular complexity index is 573. The number of nitrogens with two attached hydrogens (primary N) is 1. The van der Waals surface area contributed by atoms with Crippen LogP contribution in [0.3, 0.4) is 0 Å². The maximum atomic E-state index is 6.20. The molecule has 2 N–H and O–H groups in total. The molecule has 94 valence electrons. The van der Waals surface area contributed by atoms with Gasteiger partial charge in [-0.2, -0.15) is 5.10 Å². The number of benzene rings is 1. The van der Waals surface area contributed by atoms with E-state index in [1.54, 1.807) is 0 Å². The van der Waals surface area contributed by atoms with Crippen molar-refractivity contribution in [3.63, 3.8) is 0 Å². The van der Waals surface area contributed by atoms with Crippen molar-refractivity contribution in [1.82, 2.24) is 14.7 Å². The lowest BCUT2D eigenvalue weighted by Gasteiger charge is -2.12. The monoisotopic (exact) mass is 306 g/mol. The second kappa shape index (κ2) is 4.40. The molecule has 4 nitrogen and oxygen atoms in total. The Balaban J connectivity index is 1.99. The predicted molar refractivity (Wildman–Crippen MR) is 75.5 cm³/mol. The molecule has 0 saturated heterocycles. The summed E-state index contributed by atoms with van der Waals surface area (Å²) >= 11 is 3.43. The fourth-order valence-corrected chi connectivity index (χ4v) is 2.57. The average Bonchev–Trinajstić information content (AvgIpc) is 2.90. The molecule has 1 aliphatic rings. The molecule has 0 bridgehead atoms. The maximum absolute atomic E-state index is 6.20. The van der Waals surface area contributed by atoms with E-state index in [0.717, 1.165) is 41.3 Å². The van der Waals surface area contributed by atoms with Crippen molar-refractivity contribution in [3.8, 4) is 5.69 Å². The van der Waals surface area contributed by atoms with Gasteiger partial charge in [-0.05, 0) is 30.8 Å². The molecule has 0 radical (unpaired) electrons. The van der Waals surface area contributed by atoms with Gasteiger partial charge in [0.05, 0.1) is 11.4 Å². The zero-order chi connectivity index (χ0) is 12.7. The van der Waals surface area contributed by atoms with Gasteiger partial charge in [0.2, 0.25) is 0 Å². The lowest BCUT2D eigenvalue weighted by molar-refractivity contribution is 0.297. The summed E-state index contributed by atoms with van der Waals surface area (Å²) in [6.45, 7) is 5.01. The molecule has 0 fully saturated rings. The minimum atomic E-state index is 0.767. The van der Waals surface area contributed by atoms with E-state index in [4.69, 9.17) is 5.73 Å². The molecule has 18 heavy (non-hydrogen) atoms. The zero-order valence-corrected chi connectivity index (χ0v) is 11.8. The van der Waals surface area contributed by atoms with Gasteiger partial charge in [-0.25, -0.2) is 4.68 Å². The van der Waals surface area contributed by atoms with Crippen molar-refractivity contribution in [3.05, 3.63) is 40.0 Å². The third kappa shape index (κ3) is 1.83. The maximum Gasteiger partial charge on any atom is 0.132 e. The van der Waals surface area contributed by atoms with Crippen LogP contribution in [0.5, 0.6) is 0 Å². The summed E-state index contributed by atoms with van der Waals surface area (Å²) in [5, 5.41) is 4.62. The van der Waals surface area contributed by atoms with Crippen molar-refractivity contribution in [2.75, 3.05) is 12.3 Å². The molecule has 2 aromatic rings. The van der Waals surface area contributed by atoms with Crippen molar-refractivity contribution < 1.29 is 0 Å². The number of hydrogen-bond acceptors (Lipinski definition) is 3. The van der Waals surface area contributed by atoms with Crippen LogP contribution in [0.2, 0.25) is 0 Å². The Kier molecular flexibility index (Phi) is 2.87. The first kappa shape index (κ1) is 11.7. The molecular formula is C13H15BrN4. The van der Waals surface area contributed by atoms with E-state index in [1.807, 2.05) is 28.9 Å². The Hall–Kier alpha value is -1.33. The smallest absolute Gasteiger partial charge is 0.132 e. The summed E-state index contributed by atoms with van der Waals surface area (Å²) in [5.74, 6) is 0.767. The Morgan fingerprint density at radius 3 is 2.61 bits per heavy atom. The minimum Gasteiger partial charge on any atom is -0.383 e. The first-order valence-electron chi connectivity index (χ1n) is 6.03. The lowest BCUT2D eigenvalue weighted by atomic mass is 10.3. The molecule has 0 aliphatic carbocycles. The highest BCUT2D eigenvalue weighted by Gasteiger charge is 2.25. The van der Waals surface area contributed by atoms with Gasteiger partial charge in [-0.3, -0.25) is 4.90 Å². The molecule has 1 aromatic carbocycles. The number of nitrogen functional groups attached to an aromatic ring is 1. The van der Waals surface area contributed by atoms with Crippen LogP contribution >= 0.6 is 15.9 Å². The Morgan fingerprint density at radius 2 is 2.00 bits per heavy atom. The normalized spacial score (nSPS) is 15.0. The van der Waals surface area contributed by atoms with Crippen LogP contribution in [-0.2, 0) is 13.1 Å². The van der Waals surface area contributed by atoms with Crippen LogP contribution in [0, 0.1) is 0 Å². The van der Waals surface area contributed by atoms with Crippen molar-refractivity contribution in [2.45, 2.75) is 20.0 Å². The fraction of sp³-hybridized carbons (Fsp3) is 0.308.